The topological polar surface area (TPSA) is 38.8 Å². The number of morpholine rings is 1. The second-order valence-corrected chi connectivity index (χ2v) is 5.92. The van der Waals surface area contributed by atoms with E-state index in [1.165, 1.54) is 0 Å². The van der Waals surface area contributed by atoms with Crippen molar-refractivity contribution in [3.8, 4) is 5.75 Å². The monoisotopic (exact) mass is 301 g/mol. The van der Waals surface area contributed by atoms with Gasteiger partial charge in [0.2, 0.25) is 0 Å². The zero-order valence-corrected chi connectivity index (χ0v) is 13.1. The number of carbonyl (C=O) groups excluding carboxylic acids is 1. The van der Waals surface area contributed by atoms with Crippen LogP contribution in [0.5, 0.6) is 5.75 Å². The average molecular weight is 301 g/mol. The number of allylic oxidation sites excluding steroid dienone is 1. The van der Waals surface area contributed by atoms with Gasteiger partial charge in [0.25, 0.3) is 0 Å². The highest BCUT2D eigenvalue weighted by Crippen LogP contribution is 2.31. The Bertz CT molecular complexity index is 561. The van der Waals surface area contributed by atoms with Crippen molar-refractivity contribution in [3.05, 3.63) is 35.4 Å². The van der Waals surface area contributed by atoms with Crippen LogP contribution < -0.4 is 4.74 Å². The highest BCUT2D eigenvalue weighted by molar-refractivity contribution is 6.03. The zero-order chi connectivity index (χ0) is 15.4. The summed E-state index contributed by atoms with van der Waals surface area (Å²) in [4.78, 5) is 15.0. The lowest BCUT2D eigenvalue weighted by Gasteiger charge is -2.28. The lowest BCUT2D eigenvalue weighted by molar-refractivity contribution is -0.118. The van der Waals surface area contributed by atoms with Crippen LogP contribution in [0.25, 0.3) is 6.08 Å². The zero-order valence-electron chi connectivity index (χ0n) is 13.1. The summed E-state index contributed by atoms with van der Waals surface area (Å²) in [5, 5.41) is 0. The number of nitrogens with zero attached hydrogens (tertiary/aromatic N) is 1. The van der Waals surface area contributed by atoms with Crippen molar-refractivity contribution in [3.63, 3.8) is 0 Å². The molecule has 0 radical (unpaired) electrons. The van der Waals surface area contributed by atoms with Crippen molar-refractivity contribution >= 4 is 11.9 Å². The number of hydrogen-bond donors (Lipinski definition) is 0. The van der Waals surface area contributed by atoms with Crippen LogP contribution in [-0.4, -0.2) is 50.6 Å². The standard InChI is InChI=1S/C18H23NO3/c1-21-17-5-3-2-4-14(17)12-15-6-7-16(18(15)20)13-19-8-10-22-11-9-19/h2-5,12,16H,6-11,13H2,1H3. The minimum atomic E-state index is 0.138. The molecule has 1 aromatic carbocycles. The summed E-state index contributed by atoms with van der Waals surface area (Å²) in [6.45, 7) is 4.31. The molecule has 0 amide bonds. The first-order valence-corrected chi connectivity index (χ1v) is 7.96. The van der Waals surface area contributed by atoms with E-state index in [4.69, 9.17) is 9.47 Å². The molecule has 1 aliphatic heterocycles. The maximum Gasteiger partial charge on any atom is 0.163 e. The second-order valence-electron chi connectivity index (χ2n) is 5.92. The largest absolute Gasteiger partial charge is 0.496 e. The molecule has 2 aliphatic rings. The molecule has 1 heterocycles. The molecule has 0 aromatic heterocycles. The Hall–Kier alpha value is -1.65. The van der Waals surface area contributed by atoms with Crippen LogP contribution in [0.3, 0.4) is 0 Å². The van der Waals surface area contributed by atoms with Crippen LogP contribution in [0.4, 0.5) is 0 Å². The molecule has 0 N–H and O–H groups in total. The first-order valence-electron chi connectivity index (χ1n) is 7.96. The van der Waals surface area contributed by atoms with Crippen LogP contribution >= 0.6 is 0 Å². The van der Waals surface area contributed by atoms with E-state index < -0.39 is 0 Å². The fraction of sp³-hybridized carbons (Fsp3) is 0.500. The number of para-hydroxylation sites is 1. The van der Waals surface area contributed by atoms with Crippen LogP contribution in [0.1, 0.15) is 18.4 Å². The molecule has 4 heteroatoms. The molecule has 1 aromatic rings. The van der Waals surface area contributed by atoms with Gasteiger partial charge in [-0.25, -0.2) is 0 Å². The smallest absolute Gasteiger partial charge is 0.163 e. The molecule has 1 saturated carbocycles. The molecule has 0 bridgehead atoms. The van der Waals surface area contributed by atoms with Gasteiger partial charge < -0.3 is 9.47 Å². The summed E-state index contributed by atoms with van der Waals surface area (Å²) in [5.41, 5.74) is 1.92. The minimum Gasteiger partial charge on any atom is -0.496 e. The van der Waals surface area contributed by atoms with Crippen LogP contribution in [0.2, 0.25) is 0 Å². The number of carbonyl (C=O) groups is 1. The second kappa shape index (κ2) is 7.07. The van der Waals surface area contributed by atoms with Crippen LogP contribution in [-0.2, 0) is 9.53 Å². The normalized spacial score (nSPS) is 24.9. The third-order valence-corrected chi connectivity index (χ3v) is 4.50. The van der Waals surface area contributed by atoms with Gasteiger partial charge in [-0.05, 0) is 30.6 Å². The molecular formula is C18H23NO3. The molecule has 1 unspecified atom stereocenters. The quantitative estimate of drug-likeness (QED) is 0.801. The van der Waals surface area contributed by atoms with Gasteiger partial charge in [0, 0.05) is 31.1 Å². The van der Waals surface area contributed by atoms with Gasteiger partial charge in [-0.3, -0.25) is 9.69 Å². The van der Waals surface area contributed by atoms with E-state index in [0.717, 1.165) is 62.6 Å². The summed E-state index contributed by atoms with van der Waals surface area (Å²) >= 11 is 0. The predicted molar refractivity (Wildman–Crippen MR) is 86.0 cm³/mol. The molecule has 3 rings (SSSR count). The van der Waals surface area contributed by atoms with E-state index in [2.05, 4.69) is 4.90 Å². The number of ether oxygens (including phenoxy) is 2. The lowest BCUT2D eigenvalue weighted by Crippen LogP contribution is -2.40. The fourth-order valence-corrected chi connectivity index (χ4v) is 3.23. The van der Waals surface area contributed by atoms with Crippen LogP contribution in [0, 0.1) is 5.92 Å². The SMILES string of the molecule is COc1ccccc1C=C1CCC(CN2CCOCC2)C1=O. The molecule has 118 valence electrons. The van der Waals surface area contributed by atoms with Crippen molar-refractivity contribution < 1.29 is 14.3 Å². The summed E-state index contributed by atoms with van der Waals surface area (Å²) in [5.74, 6) is 1.26. The highest BCUT2D eigenvalue weighted by atomic mass is 16.5. The summed E-state index contributed by atoms with van der Waals surface area (Å²) < 4.78 is 10.7. The predicted octanol–water partition coefficient (Wildman–Crippen LogP) is 2.39. The van der Waals surface area contributed by atoms with Gasteiger partial charge in [0.05, 0.1) is 20.3 Å². The molecule has 1 saturated heterocycles. The third-order valence-electron chi connectivity index (χ3n) is 4.50. The Kier molecular flexibility index (Phi) is 4.90. The van der Waals surface area contributed by atoms with Crippen molar-refractivity contribution in [2.24, 2.45) is 5.92 Å². The van der Waals surface area contributed by atoms with Gasteiger partial charge in [0.1, 0.15) is 5.75 Å². The van der Waals surface area contributed by atoms with Gasteiger partial charge >= 0.3 is 0 Å². The molecular weight excluding hydrogens is 278 g/mol. The van der Waals surface area contributed by atoms with Gasteiger partial charge in [0.15, 0.2) is 5.78 Å². The summed E-state index contributed by atoms with van der Waals surface area (Å²) in [7, 11) is 1.66. The maximum absolute atomic E-state index is 12.6. The highest BCUT2D eigenvalue weighted by Gasteiger charge is 2.31. The summed E-state index contributed by atoms with van der Waals surface area (Å²) in [6, 6.07) is 7.84. The minimum absolute atomic E-state index is 0.138. The number of ketones is 1. The fourth-order valence-electron chi connectivity index (χ4n) is 3.23. The Morgan fingerprint density at radius 1 is 1.32 bits per heavy atom. The van der Waals surface area contributed by atoms with E-state index in [1.54, 1.807) is 7.11 Å². The van der Waals surface area contributed by atoms with E-state index in [1.807, 2.05) is 30.3 Å². The molecule has 0 spiro atoms. The molecule has 4 nitrogen and oxygen atoms in total. The number of methoxy groups -OCH3 is 1. The first kappa shape index (κ1) is 15.3. The first-order chi connectivity index (χ1) is 10.8. The Balaban J connectivity index is 1.68. The van der Waals surface area contributed by atoms with Crippen molar-refractivity contribution in [1.82, 2.24) is 4.90 Å². The van der Waals surface area contributed by atoms with Gasteiger partial charge in [-0.15, -0.1) is 0 Å². The number of hydrogen-bond acceptors (Lipinski definition) is 4. The van der Waals surface area contributed by atoms with Crippen molar-refractivity contribution in [1.29, 1.82) is 0 Å². The van der Waals surface area contributed by atoms with E-state index in [0.29, 0.717) is 5.78 Å². The molecule has 1 aliphatic carbocycles. The van der Waals surface area contributed by atoms with E-state index in [-0.39, 0.29) is 5.92 Å². The molecule has 2 fully saturated rings. The third kappa shape index (κ3) is 3.39. The average Bonchev–Trinajstić information content (AvgIpc) is 2.90. The Labute approximate surface area is 131 Å². The maximum atomic E-state index is 12.6. The number of Topliss-reactive ketones (excluding diaryl/α,β-unsaturated/α-hetero) is 1. The van der Waals surface area contributed by atoms with Crippen molar-refractivity contribution in [2.75, 3.05) is 40.0 Å². The number of benzene rings is 1. The van der Waals surface area contributed by atoms with Gasteiger partial charge in [-0.1, -0.05) is 18.2 Å². The Morgan fingerprint density at radius 2 is 2.09 bits per heavy atom. The summed E-state index contributed by atoms with van der Waals surface area (Å²) in [6.07, 6.45) is 3.82. The molecule has 1 atom stereocenters. The molecule has 22 heavy (non-hydrogen) atoms. The van der Waals surface area contributed by atoms with Crippen LogP contribution in [0.15, 0.2) is 29.8 Å². The van der Waals surface area contributed by atoms with Gasteiger partial charge in [-0.2, -0.15) is 0 Å². The Morgan fingerprint density at radius 3 is 2.86 bits per heavy atom. The van der Waals surface area contributed by atoms with Crippen molar-refractivity contribution in [2.45, 2.75) is 12.8 Å². The van der Waals surface area contributed by atoms with E-state index in [9.17, 15) is 4.79 Å². The number of rotatable bonds is 4. The lowest BCUT2D eigenvalue weighted by atomic mass is 10.0. The van der Waals surface area contributed by atoms with E-state index >= 15 is 0 Å².